The van der Waals surface area contributed by atoms with E-state index in [1.54, 1.807) is 0 Å². The van der Waals surface area contributed by atoms with E-state index in [-0.39, 0.29) is 0 Å². The Kier molecular flexibility index (Phi) is 1.90. The van der Waals surface area contributed by atoms with Crippen LogP contribution in [0.2, 0.25) is 0 Å². The third kappa shape index (κ3) is 1.15. The molecular weight excluding hydrogens is 216 g/mol. The molecule has 4 rings (SSSR count). The SMILES string of the molecule is CC=C1CC=c2ccc3cccc4ccc1c2c43. The monoisotopic (exact) mass is 230 g/mol. The Balaban J connectivity index is 2.37. The van der Waals surface area contributed by atoms with E-state index in [9.17, 15) is 0 Å². The van der Waals surface area contributed by atoms with Gasteiger partial charge in [0, 0.05) is 0 Å². The summed E-state index contributed by atoms with van der Waals surface area (Å²) in [5, 5.41) is 6.94. The minimum atomic E-state index is 1.05. The Morgan fingerprint density at radius 3 is 2.44 bits per heavy atom. The minimum Gasteiger partial charge on any atom is -0.0835 e. The van der Waals surface area contributed by atoms with Gasteiger partial charge in [-0.15, -0.1) is 0 Å². The van der Waals surface area contributed by atoms with Crippen LogP contribution >= 0.6 is 0 Å². The number of hydrogen-bond acceptors (Lipinski definition) is 0. The normalized spacial score (nSPS) is 16.4. The van der Waals surface area contributed by atoms with E-state index in [1.807, 2.05) is 0 Å². The maximum atomic E-state index is 2.35. The van der Waals surface area contributed by atoms with Crippen LogP contribution in [0.1, 0.15) is 18.9 Å². The summed E-state index contributed by atoms with van der Waals surface area (Å²) in [4.78, 5) is 0. The zero-order valence-corrected chi connectivity index (χ0v) is 10.4. The lowest BCUT2D eigenvalue weighted by molar-refractivity contribution is 1.42. The topological polar surface area (TPSA) is 0 Å². The Morgan fingerprint density at radius 1 is 0.889 bits per heavy atom. The molecule has 0 atom stereocenters. The highest BCUT2D eigenvalue weighted by Crippen LogP contribution is 2.33. The number of rotatable bonds is 0. The third-order valence-electron chi connectivity index (χ3n) is 4.05. The van der Waals surface area contributed by atoms with Crippen molar-refractivity contribution in [3.05, 3.63) is 59.3 Å². The first-order valence-corrected chi connectivity index (χ1v) is 6.48. The minimum absolute atomic E-state index is 1.05. The molecule has 1 aliphatic rings. The summed E-state index contributed by atoms with van der Waals surface area (Å²) in [5.74, 6) is 0. The van der Waals surface area contributed by atoms with Gasteiger partial charge in [-0.1, -0.05) is 54.6 Å². The maximum Gasteiger partial charge on any atom is -0.00268 e. The van der Waals surface area contributed by atoms with Crippen LogP contribution in [0.25, 0.3) is 33.2 Å². The standard InChI is InChI=1S/C18H14/c1-2-12-6-7-15-9-8-13-4-3-5-14-10-11-16(12)18(15)17(13)14/h2-5,7-11H,6H2,1H3. The Morgan fingerprint density at radius 2 is 1.67 bits per heavy atom. The lowest BCUT2D eigenvalue weighted by Gasteiger charge is -2.17. The smallest absolute Gasteiger partial charge is 0.00268 e. The molecule has 86 valence electrons. The fourth-order valence-corrected chi connectivity index (χ4v) is 3.15. The van der Waals surface area contributed by atoms with Crippen LogP contribution in [0.4, 0.5) is 0 Å². The van der Waals surface area contributed by atoms with Gasteiger partial charge in [0.05, 0.1) is 0 Å². The summed E-state index contributed by atoms with van der Waals surface area (Å²) in [6.07, 6.45) is 5.65. The Hall–Kier alpha value is -2.08. The highest BCUT2D eigenvalue weighted by Gasteiger charge is 2.13. The summed E-state index contributed by atoms with van der Waals surface area (Å²) >= 11 is 0. The fraction of sp³-hybridized carbons (Fsp3) is 0.111. The van der Waals surface area contributed by atoms with Gasteiger partial charge in [-0.25, -0.2) is 0 Å². The molecule has 0 aromatic heterocycles. The number of benzene rings is 3. The van der Waals surface area contributed by atoms with E-state index < -0.39 is 0 Å². The summed E-state index contributed by atoms with van der Waals surface area (Å²) < 4.78 is 0. The second-order valence-corrected chi connectivity index (χ2v) is 4.94. The van der Waals surface area contributed by atoms with Gasteiger partial charge in [0.1, 0.15) is 0 Å². The summed E-state index contributed by atoms with van der Waals surface area (Å²) in [7, 11) is 0. The Labute approximate surface area is 106 Å². The molecule has 0 amide bonds. The molecule has 0 fully saturated rings. The van der Waals surface area contributed by atoms with Crippen molar-refractivity contribution < 1.29 is 0 Å². The second-order valence-electron chi connectivity index (χ2n) is 4.94. The molecule has 0 aliphatic heterocycles. The van der Waals surface area contributed by atoms with E-state index in [4.69, 9.17) is 0 Å². The van der Waals surface area contributed by atoms with Gasteiger partial charge >= 0.3 is 0 Å². The molecule has 0 bridgehead atoms. The summed E-state index contributed by atoms with van der Waals surface area (Å²) in [5.41, 5.74) is 2.86. The molecule has 3 aromatic rings. The molecule has 0 radical (unpaired) electrons. The van der Waals surface area contributed by atoms with Crippen LogP contribution < -0.4 is 5.22 Å². The molecule has 0 heterocycles. The molecule has 3 aromatic carbocycles. The van der Waals surface area contributed by atoms with E-state index >= 15 is 0 Å². The lowest BCUT2D eigenvalue weighted by Crippen LogP contribution is -2.09. The van der Waals surface area contributed by atoms with Crippen molar-refractivity contribution in [3.8, 4) is 0 Å². The fourth-order valence-electron chi connectivity index (χ4n) is 3.15. The molecule has 0 N–H and O–H groups in total. The largest absolute Gasteiger partial charge is 0.0835 e. The first-order valence-electron chi connectivity index (χ1n) is 6.48. The van der Waals surface area contributed by atoms with Gasteiger partial charge < -0.3 is 0 Å². The van der Waals surface area contributed by atoms with Crippen LogP contribution in [-0.2, 0) is 0 Å². The quantitative estimate of drug-likeness (QED) is 0.540. The van der Waals surface area contributed by atoms with Gasteiger partial charge in [0.15, 0.2) is 0 Å². The predicted molar refractivity (Wildman–Crippen MR) is 79.4 cm³/mol. The molecule has 0 heteroatoms. The van der Waals surface area contributed by atoms with E-state index in [0.29, 0.717) is 0 Å². The first-order chi connectivity index (χ1) is 8.88. The summed E-state index contributed by atoms with van der Waals surface area (Å²) in [6.45, 7) is 2.13. The predicted octanol–water partition coefficient (Wildman–Crippen LogP) is 4.30. The van der Waals surface area contributed by atoms with Crippen LogP contribution in [0.15, 0.2) is 48.5 Å². The molecule has 1 aliphatic carbocycles. The van der Waals surface area contributed by atoms with Crippen molar-refractivity contribution in [2.24, 2.45) is 0 Å². The molecule has 18 heavy (non-hydrogen) atoms. The van der Waals surface area contributed by atoms with Crippen molar-refractivity contribution >= 4 is 33.2 Å². The van der Waals surface area contributed by atoms with E-state index in [2.05, 4.69) is 61.5 Å². The van der Waals surface area contributed by atoms with Crippen molar-refractivity contribution in [1.29, 1.82) is 0 Å². The van der Waals surface area contributed by atoms with Crippen molar-refractivity contribution in [2.75, 3.05) is 0 Å². The average Bonchev–Trinajstić information content (AvgIpc) is 2.44. The van der Waals surface area contributed by atoms with Crippen molar-refractivity contribution in [1.82, 2.24) is 0 Å². The van der Waals surface area contributed by atoms with Gasteiger partial charge in [0.2, 0.25) is 0 Å². The highest BCUT2D eigenvalue weighted by atomic mass is 14.2. The van der Waals surface area contributed by atoms with Gasteiger partial charge in [-0.3, -0.25) is 0 Å². The molecule has 0 nitrogen and oxygen atoms in total. The lowest BCUT2D eigenvalue weighted by atomic mass is 9.87. The second kappa shape index (κ2) is 3.46. The highest BCUT2D eigenvalue weighted by molar-refractivity contribution is 6.14. The number of hydrogen-bond donors (Lipinski definition) is 0. The first kappa shape index (κ1) is 9.90. The molecule has 0 saturated heterocycles. The molecule has 0 spiro atoms. The molecule has 0 unspecified atom stereocenters. The van der Waals surface area contributed by atoms with Crippen LogP contribution in [-0.4, -0.2) is 0 Å². The van der Waals surface area contributed by atoms with Crippen molar-refractivity contribution in [2.45, 2.75) is 13.3 Å². The van der Waals surface area contributed by atoms with Gasteiger partial charge in [-0.2, -0.15) is 0 Å². The van der Waals surface area contributed by atoms with Crippen LogP contribution in [0.5, 0.6) is 0 Å². The molecule has 0 saturated carbocycles. The van der Waals surface area contributed by atoms with Gasteiger partial charge in [-0.05, 0) is 51.2 Å². The Bertz CT molecular complexity index is 835. The van der Waals surface area contributed by atoms with E-state index in [0.717, 1.165) is 6.42 Å². The zero-order valence-electron chi connectivity index (χ0n) is 10.4. The third-order valence-corrected chi connectivity index (χ3v) is 4.05. The summed E-state index contributed by atoms with van der Waals surface area (Å²) in [6, 6.07) is 15.6. The van der Waals surface area contributed by atoms with Crippen LogP contribution in [0, 0.1) is 0 Å². The maximum absolute atomic E-state index is 2.35. The number of allylic oxidation sites excluding steroid dienone is 2. The van der Waals surface area contributed by atoms with Gasteiger partial charge in [0.25, 0.3) is 0 Å². The van der Waals surface area contributed by atoms with E-state index in [1.165, 1.54) is 37.9 Å². The van der Waals surface area contributed by atoms with Crippen LogP contribution in [0.3, 0.4) is 0 Å². The van der Waals surface area contributed by atoms with Crippen molar-refractivity contribution in [3.63, 3.8) is 0 Å². The zero-order chi connectivity index (χ0) is 12.1. The molecular formula is C18H14. The average molecular weight is 230 g/mol.